The van der Waals surface area contributed by atoms with Crippen molar-refractivity contribution in [1.29, 1.82) is 0 Å². The highest BCUT2D eigenvalue weighted by Crippen LogP contribution is 2.32. The number of likely N-dealkylation sites (N-methyl/N-ethyl adjacent to an activating group) is 1. The zero-order valence-corrected chi connectivity index (χ0v) is 14.8. The first-order chi connectivity index (χ1) is 12.2. The van der Waals surface area contributed by atoms with Gasteiger partial charge in [0.15, 0.2) is 18.3 Å². The van der Waals surface area contributed by atoms with E-state index < -0.39 is 41.2 Å². The summed E-state index contributed by atoms with van der Waals surface area (Å²) in [5, 5.41) is 6.87. The molecule has 1 aromatic rings. The van der Waals surface area contributed by atoms with Gasteiger partial charge in [0.05, 0.1) is 5.88 Å². The van der Waals surface area contributed by atoms with Crippen molar-refractivity contribution in [3.05, 3.63) is 23.5 Å². The zero-order chi connectivity index (χ0) is 19.6. The number of carbonyl (C=O) groups is 1. The standard InChI is InChI=1S/C13H14F3N5O3S2/c1-20-10(4-22)21(19-13(20)11(15)16)9-3-8(18-5-26(23)24)6(12(17)25)2-7(9)14/h2-4,10-11,18H,5H2,1H3,(H2,17,25)(H,23,24)/p-1. The third-order valence-electron chi connectivity index (χ3n) is 3.52. The minimum Gasteiger partial charge on any atom is -0.771 e. The quantitative estimate of drug-likeness (QED) is 0.382. The second-order valence-electron chi connectivity index (χ2n) is 5.10. The van der Waals surface area contributed by atoms with E-state index in [1.54, 1.807) is 0 Å². The Morgan fingerprint density at radius 1 is 1.58 bits per heavy atom. The number of anilines is 2. The number of benzene rings is 1. The number of halogens is 3. The van der Waals surface area contributed by atoms with Gasteiger partial charge in [-0.05, 0) is 23.2 Å². The van der Waals surface area contributed by atoms with Crippen molar-refractivity contribution in [3.63, 3.8) is 0 Å². The van der Waals surface area contributed by atoms with Crippen LogP contribution in [0.2, 0.25) is 0 Å². The van der Waals surface area contributed by atoms with Crippen molar-refractivity contribution in [2.75, 3.05) is 23.3 Å². The third kappa shape index (κ3) is 3.94. The Morgan fingerprint density at radius 2 is 2.23 bits per heavy atom. The zero-order valence-electron chi connectivity index (χ0n) is 13.2. The lowest BCUT2D eigenvalue weighted by Gasteiger charge is -2.25. The molecule has 0 aliphatic carbocycles. The molecule has 0 aromatic heterocycles. The Balaban J connectivity index is 2.54. The molecule has 8 nitrogen and oxygen atoms in total. The van der Waals surface area contributed by atoms with Crippen molar-refractivity contribution < 1.29 is 26.7 Å². The van der Waals surface area contributed by atoms with Crippen LogP contribution >= 0.6 is 12.2 Å². The summed E-state index contributed by atoms with van der Waals surface area (Å²) in [6.07, 6.45) is -3.96. The van der Waals surface area contributed by atoms with Crippen molar-refractivity contribution in [1.82, 2.24) is 4.90 Å². The molecule has 2 unspecified atom stereocenters. The molecule has 13 heteroatoms. The van der Waals surface area contributed by atoms with Gasteiger partial charge in [0.25, 0.3) is 6.43 Å². The molecule has 1 aliphatic rings. The van der Waals surface area contributed by atoms with E-state index in [2.05, 4.69) is 10.4 Å². The number of nitrogens with one attached hydrogen (secondary N) is 1. The summed E-state index contributed by atoms with van der Waals surface area (Å²) < 4.78 is 62.1. The minimum atomic E-state index is -2.98. The van der Waals surface area contributed by atoms with E-state index in [9.17, 15) is 26.7 Å². The molecule has 2 atom stereocenters. The molecule has 0 bridgehead atoms. The van der Waals surface area contributed by atoms with E-state index in [1.165, 1.54) is 7.05 Å². The van der Waals surface area contributed by atoms with Crippen LogP contribution in [0.4, 0.5) is 24.5 Å². The lowest BCUT2D eigenvalue weighted by molar-refractivity contribution is -0.110. The number of thiocarbonyl (C=S) groups is 1. The molecule has 0 fully saturated rings. The fraction of sp³-hybridized carbons (Fsp3) is 0.308. The van der Waals surface area contributed by atoms with Crippen molar-refractivity contribution in [2.45, 2.75) is 12.6 Å². The van der Waals surface area contributed by atoms with E-state index in [0.717, 1.165) is 22.0 Å². The second-order valence-corrected chi connectivity index (χ2v) is 6.44. The predicted octanol–water partition coefficient (Wildman–Crippen LogP) is 0.564. The van der Waals surface area contributed by atoms with Crippen LogP contribution in [0.3, 0.4) is 0 Å². The van der Waals surface area contributed by atoms with Crippen LogP contribution in [0, 0.1) is 5.82 Å². The number of hydrogen-bond donors (Lipinski definition) is 2. The van der Waals surface area contributed by atoms with Gasteiger partial charge in [-0.15, -0.1) is 0 Å². The van der Waals surface area contributed by atoms with Crippen molar-refractivity contribution in [3.8, 4) is 0 Å². The Labute approximate surface area is 154 Å². The van der Waals surface area contributed by atoms with Gasteiger partial charge in [0.1, 0.15) is 16.5 Å². The lowest BCUT2D eigenvalue weighted by atomic mass is 10.1. The van der Waals surface area contributed by atoms with E-state index in [0.29, 0.717) is 6.29 Å². The summed E-state index contributed by atoms with van der Waals surface area (Å²) in [5.74, 6) is -2.17. The fourth-order valence-electron chi connectivity index (χ4n) is 2.31. The highest BCUT2D eigenvalue weighted by atomic mass is 32.2. The van der Waals surface area contributed by atoms with Crippen LogP contribution in [0.1, 0.15) is 5.56 Å². The molecule has 0 amide bonds. The summed E-state index contributed by atoms with van der Waals surface area (Å²) in [6.45, 7) is 0. The number of rotatable bonds is 7. The van der Waals surface area contributed by atoms with Gasteiger partial charge in [0.2, 0.25) is 0 Å². The van der Waals surface area contributed by atoms with Crippen LogP contribution < -0.4 is 16.1 Å². The molecule has 1 heterocycles. The molecule has 1 aromatic carbocycles. The molecule has 0 saturated heterocycles. The molecule has 26 heavy (non-hydrogen) atoms. The average Bonchev–Trinajstić information content (AvgIpc) is 2.89. The molecular weight excluding hydrogens is 395 g/mol. The third-order valence-corrected chi connectivity index (χ3v) is 4.12. The Hall–Kier alpha value is -2.25. The summed E-state index contributed by atoms with van der Waals surface area (Å²) in [7, 11) is 1.21. The fourth-order valence-corrected chi connectivity index (χ4v) is 2.75. The van der Waals surface area contributed by atoms with E-state index >= 15 is 0 Å². The first-order valence-electron chi connectivity index (χ1n) is 6.94. The van der Waals surface area contributed by atoms with Crippen molar-refractivity contribution in [2.24, 2.45) is 10.8 Å². The maximum atomic E-state index is 14.5. The Bertz CT molecular complexity index is 793. The first kappa shape index (κ1) is 20.1. The number of nitrogens with two attached hydrogens (primary N) is 1. The number of aldehydes is 1. The number of nitrogens with zero attached hydrogens (tertiary/aromatic N) is 3. The monoisotopic (exact) mass is 408 g/mol. The van der Waals surface area contributed by atoms with Crippen LogP contribution in [0.15, 0.2) is 17.2 Å². The topological polar surface area (TPSA) is 114 Å². The average molecular weight is 408 g/mol. The first-order valence-corrected chi connectivity index (χ1v) is 8.59. The Kier molecular flexibility index (Phi) is 6.15. The summed E-state index contributed by atoms with van der Waals surface area (Å²) in [4.78, 5) is 12.0. The highest BCUT2D eigenvalue weighted by Gasteiger charge is 2.37. The molecule has 0 spiro atoms. The summed E-state index contributed by atoms with van der Waals surface area (Å²) in [5.41, 5.74) is 5.23. The van der Waals surface area contributed by atoms with Gasteiger partial charge in [-0.3, -0.25) is 9.00 Å². The van der Waals surface area contributed by atoms with Gasteiger partial charge in [0, 0.05) is 18.3 Å². The van der Waals surface area contributed by atoms with Crippen LogP contribution in [-0.4, -0.2) is 56.3 Å². The molecule has 142 valence electrons. The van der Waals surface area contributed by atoms with E-state index in [1.807, 2.05) is 0 Å². The van der Waals surface area contributed by atoms with Gasteiger partial charge in [-0.2, -0.15) is 5.10 Å². The van der Waals surface area contributed by atoms with E-state index in [-0.39, 0.29) is 21.9 Å². The van der Waals surface area contributed by atoms with Crippen molar-refractivity contribution >= 4 is 51.8 Å². The smallest absolute Gasteiger partial charge is 0.297 e. The molecule has 1 aliphatic heterocycles. The van der Waals surface area contributed by atoms with Gasteiger partial charge in [-0.25, -0.2) is 18.2 Å². The van der Waals surface area contributed by atoms with Crippen LogP contribution in [-0.2, 0) is 15.9 Å². The maximum absolute atomic E-state index is 14.5. The molecule has 0 saturated carbocycles. The molecular formula is C13H13F3N5O3S2-. The molecule has 2 rings (SSSR count). The predicted molar refractivity (Wildman–Crippen MR) is 93.2 cm³/mol. The van der Waals surface area contributed by atoms with Gasteiger partial charge >= 0.3 is 0 Å². The normalized spacial score (nSPS) is 18.1. The van der Waals surface area contributed by atoms with Crippen LogP contribution in [0.25, 0.3) is 0 Å². The highest BCUT2D eigenvalue weighted by molar-refractivity contribution is 7.80. The van der Waals surface area contributed by atoms with Gasteiger partial charge < -0.3 is 20.5 Å². The molecule has 0 radical (unpaired) electrons. The minimum absolute atomic E-state index is 0.0139. The number of amidine groups is 1. The van der Waals surface area contributed by atoms with Gasteiger partial charge in [-0.1, -0.05) is 12.2 Å². The summed E-state index contributed by atoms with van der Waals surface area (Å²) in [6, 6.07) is 2.00. The van der Waals surface area contributed by atoms with Crippen LogP contribution in [0.5, 0.6) is 0 Å². The SMILES string of the molecule is CN1C(C(F)F)=NN(c2cc(NCS(=O)[O-])c(C(N)=S)cc2F)C1C=O. The second kappa shape index (κ2) is 7.97. The number of hydrogen-bond acceptors (Lipinski definition) is 8. The summed E-state index contributed by atoms with van der Waals surface area (Å²) >= 11 is 2.33. The molecule has 3 N–H and O–H groups in total. The number of hydrazone groups is 1. The number of alkyl halides is 2. The largest absolute Gasteiger partial charge is 0.771 e. The Morgan fingerprint density at radius 3 is 2.73 bits per heavy atom. The van der Waals surface area contributed by atoms with E-state index in [4.69, 9.17) is 18.0 Å². The lowest BCUT2D eigenvalue weighted by Crippen LogP contribution is -2.42. The number of carbonyl (C=O) groups excluding carboxylic acids is 1. The maximum Gasteiger partial charge on any atom is 0.297 e.